The Balaban J connectivity index is 2.60. The van der Waals surface area contributed by atoms with Crippen molar-refractivity contribution in [3.63, 3.8) is 0 Å². The van der Waals surface area contributed by atoms with Gasteiger partial charge in [-0.1, -0.05) is 0 Å². The van der Waals surface area contributed by atoms with E-state index in [1.807, 2.05) is 13.8 Å². The van der Waals surface area contributed by atoms with Gasteiger partial charge in [-0.3, -0.25) is 19.2 Å². The Morgan fingerprint density at radius 1 is 1.18 bits per heavy atom. The summed E-state index contributed by atoms with van der Waals surface area (Å²) >= 11 is 0. The van der Waals surface area contributed by atoms with Crippen LogP contribution in [0.3, 0.4) is 0 Å². The van der Waals surface area contributed by atoms with Gasteiger partial charge in [0.25, 0.3) is 5.56 Å². The summed E-state index contributed by atoms with van der Waals surface area (Å²) in [6, 6.07) is 0. The summed E-state index contributed by atoms with van der Waals surface area (Å²) < 4.78 is 3.37. The molecule has 17 heavy (non-hydrogen) atoms. The first kappa shape index (κ1) is 11.8. The topological polar surface area (TPSA) is 73.3 Å². The molecule has 0 spiro atoms. The van der Waals surface area contributed by atoms with Gasteiger partial charge < -0.3 is 5.73 Å². The molecule has 1 aliphatic heterocycles. The second kappa shape index (κ2) is 4.27. The van der Waals surface area contributed by atoms with Crippen molar-refractivity contribution in [2.75, 3.05) is 17.2 Å². The lowest BCUT2D eigenvalue weighted by Gasteiger charge is -2.19. The highest BCUT2D eigenvalue weighted by Crippen LogP contribution is 2.25. The smallest absolute Gasteiger partial charge is 0.292 e. The number of aromatic nitrogens is 2. The number of rotatable bonds is 3. The van der Waals surface area contributed by atoms with E-state index in [1.165, 1.54) is 0 Å². The number of hydrogen-bond acceptors (Lipinski definition) is 3. The largest absolute Gasteiger partial charge is 0.391 e. The molecule has 6 heteroatoms. The van der Waals surface area contributed by atoms with Crippen LogP contribution in [0.5, 0.6) is 0 Å². The third-order valence-corrected chi connectivity index (χ3v) is 3.17. The molecular weight excluding hydrogens is 220 g/mol. The van der Waals surface area contributed by atoms with E-state index < -0.39 is 0 Å². The Kier molecular flexibility index (Phi) is 2.95. The van der Waals surface area contributed by atoms with Gasteiger partial charge in [-0.15, -0.1) is 0 Å². The van der Waals surface area contributed by atoms with Crippen LogP contribution < -0.4 is 16.2 Å². The zero-order valence-corrected chi connectivity index (χ0v) is 10.3. The summed E-state index contributed by atoms with van der Waals surface area (Å²) in [5.41, 5.74) is 5.83. The Morgan fingerprint density at radius 2 is 1.82 bits per heavy atom. The Morgan fingerprint density at radius 3 is 2.29 bits per heavy atom. The molecule has 94 valence electrons. The van der Waals surface area contributed by atoms with Gasteiger partial charge in [0.15, 0.2) is 5.82 Å². The van der Waals surface area contributed by atoms with Crippen molar-refractivity contribution >= 4 is 17.4 Å². The van der Waals surface area contributed by atoms with Gasteiger partial charge in [0.1, 0.15) is 5.69 Å². The van der Waals surface area contributed by atoms with Crippen molar-refractivity contribution in [2.24, 2.45) is 0 Å². The SMILES string of the molecule is CCn1c(N2CCCC2=O)c(N)c(=O)n1CC. The summed E-state index contributed by atoms with van der Waals surface area (Å²) in [5, 5.41) is 0. The van der Waals surface area contributed by atoms with E-state index in [9.17, 15) is 9.59 Å². The fraction of sp³-hybridized carbons (Fsp3) is 0.636. The molecule has 0 aliphatic carbocycles. The van der Waals surface area contributed by atoms with Gasteiger partial charge >= 0.3 is 0 Å². The van der Waals surface area contributed by atoms with Crippen molar-refractivity contribution in [1.29, 1.82) is 0 Å². The van der Waals surface area contributed by atoms with E-state index in [2.05, 4.69) is 0 Å². The highest BCUT2D eigenvalue weighted by atomic mass is 16.2. The average Bonchev–Trinajstić information content (AvgIpc) is 2.82. The zero-order valence-electron chi connectivity index (χ0n) is 10.3. The summed E-state index contributed by atoms with van der Waals surface area (Å²) in [6.45, 7) is 5.66. The van der Waals surface area contributed by atoms with E-state index in [1.54, 1.807) is 14.3 Å². The fourth-order valence-electron chi connectivity index (χ4n) is 2.39. The van der Waals surface area contributed by atoms with Crippen molar-refractivity contribution in [1.82, 2.24) is 9.36 Å². The summed E-state index contributed by atoms with van der Waals surface area (Å²) in [6.07, 6.45) is 1.36. The molecule has 6 nitrogen and oxygen atoms in total. The molecule has 0 saturated carbocycles. The highest BCUT2D eigenvalue weighted by Gasteiger charge is 2.29. The monoisotopic (exact) mass is 238 g/mol. The van der Waals surface area contributed by atoms with Gasteiger partial charge in [-0.25, -0.2) is 4.68 Å². The van der Waals surface area contributed by atoms with Crippen LogP contribution in [0.1, 0.15) is 26.7 Å². The number of anilines is 2. The quantitative estimate of drug-likeness (QED) is 0.828. The van der Waals surface area contributed by atoms with Crippen LogP contribution in [-0.4, -0.2) is 21.8 Å². The summed E-state index contributed by atoms with van der Waals surface area (Å²) in [4.78, 5) is 25.3. The molecule has 0 unspecified atom stereocenters. The highest BCUT2D eigenvalue weighted by molar-refractivity contribution is 5.96. The van der Waals surface area contributed by atoms with E-state index in [-0.39, 0.29) is 17.2 Å². The lowest BCUT2D eigenvalue weighted by atomic mass is 10.4. The van der Waals surface area contributed by atoms with Crippen molar-refractivity contribution in [3.8, 4) is 0 Å². The molecule has 0 radical (unpaired) electrons. The lowest BCUT2D eigenvalue weighted by Crippen LogP contribution is -2.28. The van der Waals surface area contributed by atoms with Crippen LogP contribution in [0.2, 0.25) is 0 Å². The number of nitrogens with two attached hydrogens (primary N) is 1. The number of amides is 1. The lowest BCUT2D eigenvalue weighted by molar-refractivity contribution is -0.117. The second-order valence-electron chi connectivity index (χ2n) is 4.12. The van der Waals surface area contributed by atoms with Crippen LogP contribution in [0.4, 0.5) is 11.5 Å². The molecule has 1 aromatic heterocycles. The van der Waals surface area contributed by atoms with Crippen LogP contribution in [0.15, 0.2) is 4.79 Å². The van der Waals surface area contributed by atoms with Gasteiger partial charge in [-0.2, -0.15) is 0 Å². The summed E-state index contributed by atoms with van der Waals surface area (Å²) in [5.74, 6) is 0.619. The number of carbonyl (C=O) groups is 1. The maximum absolute atomic E-state index is 11.9. The average molecular weight is 238 g/mol. The van der Waals surface area contributed by atoms with Crippen LogP contribution in [0, 0.1) is 0 Å². The number of nitrogen functional groups attached to an aromatic ring is 1. The van der Waals surface area contributed by atoms with Crippen LogP contribution in [0.25, 0.3) is 0 Å². The summed E-state index contributed by atoms with van der Waals surface area (Å²) in [7, 11) is 0. The first-order valence-electron chi connectivity index (χ1n) is 6.01. The van der Waals surface area contributed by atoms with Crippen molar-refractivity contribution in [3.05, 3.63) is 10.4 Å². The molecule has 0 bridgehead atoms. The van der Waals surface area contributed by atoms with Crippen LogP contribution >= 0.6 is 0 Å². The predicted octanol–water partition coefficient (Wildman–Crippen LogP) is 0.399. The Bertz CT molecular complexity index is 500. The molecule has 2 heterocycles. The molecule has 1 fully saturated rings. The Labute approximate surface area is 99.6 Å². The molecule has 0 aromatic carbocycles. The molecule has 1 aliphatic rings. The number of nitrogens with zero attached hydrogens (tertiary/aromatic N) is 3. The van der Waals surface area contributed by atoms with Crippen LogP contribution in [-0.2, 0) is 17.9 Å². The molecule has 0 atom stereocenters. The van der Waals surface area contributed by atoms with Crippen molar-refractivity contribution in [2.45, 2.75) is 39.8 Å². The molecule has 1 amide bonds. The second-order valence-corrected chi connectivity index (χ2v) is 4.12. The molecule has 2 rings (SSSR count). The van der Waals surface area contributed by atoms with Crippen molar-refractivity contribution < 1.29 is 4.79 Å². The van der Waals surface area contributed by atoms with E-state index in [0.29, 0.717) is 31.9 Å². The van der Waals surface area contributed by atoms with E-state index in [4.69, 9.17) is 5.73 Å². The van der Waals surface area contributed by atoms with E-state index >= 15 is 0 Å². The third kappa shape index (κ3) is 1.64. The minimum Gasteiger partial charge on any atom is -0.391 e. The minimum absolute atomic E-state index is 0.0483. The number of carbonyl (C=O) groups excluding carboxylic acids is 1. The third-order valence-electron chi connectivity index (χ3n) is 3.17. The van der Waals surface area contributed by atoms with Gasteiger partial charge in [-0.05, 0) is 20.3 Å². The molecule has 2 N–H and O–H groups in total. The maximum Gasteiger partial charge on any atom is 0.292 e. The van der Waals surface area contributed by atoms with Gasteiger partial charge in [0, 0.05) is 26.1 Å². The number of hydrogen-bond donors (Lipinski definition) is 1. The standard InChI is InChI=1S/C11H18N4O2/c1-3-14-10(13-7-5-6-8(13)16)9(12)11(17)15(14)4-2/h3-7,12H2,1-2H3. The zero-order chi connectivity index (χ0) is 12.6. The minimum atomic E-state index is -0.205. The molecule has 1 saturated heterocycles. The first-order valence-corrected chi connectivity index (χ1v) is 6.01. The fourth-order valence-corrected chi connectivity index (χ4v) is 2.39. The Hall–Kier alpha value is -1.72. The first-order chi connectivity index (χ1) is 8.11. The predicted molar refractivity (Wildman–Crippen MR) is 66.0 cm³/mol. The maximum atomic E-state index is 11.9. The molecule has 1 aromatic rings. The molecular formula is C11H18N4O2. The normalized spacial score (nSPS) is 15.9. The van der Waals surface area contributed by atoms with Gasteiger partial charge in [0.2, 0.25) is 5.91 Å². The van der Waals surface area contributed by atoms with E-state index in [0.717, 1.165) is 6.42 Å². The van der Waals surface area contributed by atoms with Gasteiger partial charge in [0.05, 0.1) is 0 Å².